The molecular formula is C14H14F2N2O2S. The second-order valence-corrected chi connectivity index (χ2v) is 6.37. The summed E-state index contributed by atoms with van der Waals surface area (Å²) in [6, 6.07) is 6.10. The number of halogens is 2. The lowest BCUT2D eigenvalue weighted by molar-refractivity contribution is 0.565. The molecule has 0 amide bonds. The van der Waals surface area contributed by atoms with Gasteiger partial charge in [-0.15, -0.1) is 0 Å². The maximum Gasteiger partial charge on any atom is 0.264 e. The molecule has 0 unspecified atom stereocenters. The Morgan fingerprint density at radius 3 is 2.33 bits per heavy atom. The fraction of sp³-hybridized carbons (Fsp3) is 0.143. The molecule has 112 valence electrons. The van der Waals surface area contributed by atoms with Gasteiger partial charge in [0, 0.05) is 11.4 Å². The van der Waals surface area contributed by atoms with E-state index in [0.29, 0.717) is 0 Å². The van der Waals surface area contributed by atoms with Crippen molar-refractivity contribution in [3.8, 4) is 0 Å². The highest BCUT2D eigenvalue weighted by Gasteiger charge is 2.21. The van der Waals surface area contributed by atoms with Gasteiger partial charge in [-0.2, -0.15) is 0 Å². The summed E-state index contributed by atoms with van der Waals surface area (Å²) in [5.41, 5.74) is 6.25. The molecule has 0 fully saturated rings. The van der Waals surface area contributed by atoms with Crippen molar-refractivity contribution < 1.29 is 17.2 Å². The summed E-state index contributed by atoms with van der Waals surface area (Å²) in [5, 5.41) is 0. The molecule has 0 aromatic heterocycles. The highest BCUT2D eigenvalue weighted by Crippen LogP contribution is 2.24. The van der Waals surface area contributed by atoms with Crippen LogP contribution in [0.15, 0.2) is 35.2 Å². The van der Waals surface area contributed by atoms with Gasteiger partial charge in [0.2, 0.25) is 0 Å². The predicted molar refractivity (Wildman–Crippen MR) is 77.5 cm³/mol. The van der Waals surface area contributed by atoms with Crippen molar-refractivity contribution in [2.45, 2.75) is 18.7 Å². The van der Waals surface area contributed by atoms with E-state index < -0.39 is 26.6 Å². The fourth-order valence-corrected chi connectivity index (χ4v) is 3.11. The summed E-state index contributed by atoms with van der Waals surface area (Å²) in [6.07, 6.45) is 0. The molecule has 0 aliphatic heterocycles. The highest BCUT2D eigenvalue weighted by molar-refractivity contribution is 7.92. The number of hydrogen-bond donors (Lipinski definition) is 2. The number of nitrogens with two attached hydrogens (primary N) is 1. The molecule has 0 saturated heterocycles. The van der Waals surface area contributed by atoms with Crippen LogP contribution in [-0.4, -0.2) is 8.42 Å². The summed E-state index contributed by atoms with van der Waals surface area (Å²) in [7, 11) is -4.15. The van der Waals surface area contributed by atoms with Crippen molar-refractivity contribution in [1.29, 1.82) is 0 Å². The quantitative estimate of drug-likeness (QED) is 0.856. The summed E-state index contributed by atoms with van der Waals surface area (Å²) in [4.78, 5) is -0.540. The standard InChI is InChI=1S/C14H14F2N2O2S/c1-8-6-11(3-4-12(8)15)18-21(19,20)13-7-10(17)5-9(2)14(13)16/h3-7,18H,17H2,1-2H3. The first kappa shape index (κ1) is 15.2. The average Bonchev–Trinajstić information content (AvgIpc) is 2.37. The van der Waals surface area contributed by atoms with Crippen molar-refractivity contribution in [2.75, 3.05) is 10.5 Å². The maximum absolute atomic E-state index is 14.0. The molecule has 2 rings (SSSR count). The SMILES string of the molecule is Cc1cc(NS(=O)(=O)c2cc(N)cc(C)c2F)ccc1F. The van der Waals surface area contributed by atoms with Gasteiger partial charge in [-0.3, -0.25) is 4.72 Å². The lowest BCUT2D eigenvalue weighted by atomic mass is 10.2. The minimum atomic E-state index is -4.15. The van der Waals surface area contributed by atoms with Crippen molar-refractivity contribution in [1.82, 2.24) is 0 Å². The summed E-state index contributed by atoms with van der Waals surface area (Å²) >= 11 is 0. The fourth-order valence-electron chi connectivity index (χ4n) is 1.88. The van der Waals surface area contributed by atoms with Gasteiger partial charge < -0.3 is 5.73 Å². The van der Waals surface area contributed by atoms with Crippen molar-refractivity contribution >= 4 is 21.4 Å². The van der Waals surface area contributed by atoms with Gasteiger partial charge in [0.1, 0.15) is 16.5 Å². The molecule has 2 aromatic carbocycles. The van der Waals surface area contributed by atoms with Crippen molar-refractivity contribution in [2.24, 2.45) is 0 Å². The van der Waals surface area contributed by atoms with Gasteiger partial charge >= 0.3 is 0 Å². The van der Waals surface area contributed by atoms with E-state index in [4.69, 9.17) is 5.73 Å². The lowest BCUT2D eigenvalue weighted by Crippen LogP contribution is -2.16. The molecule has 7 heteroatoms. The predicted octanol–water partition coefficient (Wildman–Crippen LogP) is 2.96. The van der Waals surface area contributed by atoms with Crippen LogP contribution in [0.4, 0.5) is 20.2 Å². The minimum absolute atomic E-state index is 0.130. The van der Waals surface area contributed by atoms with Crippen LogP contribution in [0, 0.1) is 25.5 Å². The number of hydrogen-bond acceptors (Lipinski definition) is 3. The average molecular weight is 312 g/mol. The van der Waals surface area contributed by atoms with E-state index in [0.717, 1.165) is 12.1 Å². The van der Waals surface area contributed by atoms with Crippen LogP contribution in [0.1, 0.15) is 11.1 Å². The monoisotopic (exact) mass is 312 g/mol. The molecule has 0 bridgehead atoms. The Hall–Kier alpha value is -2.15. The number of benzene rings is 2. The number of nitrogens with one attached hydrogen (secondary N) is 1. The Morgan fingerprint density at radius 1 is 1.05 bits per heavy atom. The molecule has 0 radical (unpaired) electrons. The third-order valence-corrected chi connectivity index (χ3v) is 4.32. The molecule has 0 saturated carbocycles. The van der Waals surface area contributed by atoms with Gasteiger partial charge in [-0.25, -0.2) is 17.2 Å². The Kier molecular flexibility index (Phi) is 3.87. The van der Waals surface area contributed by atoms with Crippen LogP contribution < -0.4 is 10.5 Å². The zero-order valence-electron chi connectivity index (χ0n) is 11.4. The Morgan fingerprint density at radius 2 is 1.71 bits per heavy atom. The summed E-state index contributed by atoms with van der Waals surface area (Å²) in [6.45, 7) is 2.92. The normalized spacial score (nSPS) is 11.4. The number of anilines is 2. The molecule has 0 heterocycles. The molecule has 2 aromatic rings. The topological polar surface area (TPSA) is 72.2 Å². The number of nitrogen functional groups attached to an aromatic ring is 1. The third-order valence-electron chi connectivity index (χ3n) is 2.94. The Balaban J connectivity index is 2.45. The van der Waals surface area contributed by atoms with E-state index in [9.17, 15) is 17.2 Å². The van der Waals surface area contributed by atoms with Crippen LogP contribution in [-0.2, 0) is 10.0 Å². The minimum Gasteiger partial charge on any atom is -0.399 e. The first-order valence-corrected chi connectivity index (χ1v) is 7.53. The van der Waals surface area contributed by atoms with Crippen molar-refractivity contribution in [3.63, 3.8) is 0 Å². The molecule has 21 heavy (non-hydrogen) atoms. The summed E-state index contributed by atoms with van der Waals surface area (Å²) < 4.78 is 53.8. The third kappa shape index (κ3) is 3.13. The van der Waals surface area contributed by atoms with Gasteiger partial charge in [-0.1, -0.05) is 0 Å². The van der Waals surface area contributed by atoms with Gasteiger partial charge in [0.05, 0.1) is 0 Å². The molecule has 0 aliphatic rings. The highest BCUT2D eigenvalue weighted by atomic mass is 32.2. The van der Waals surface area contributed by atoms with Gasteiger partial charge in [-0.05, 0) is 55.3 Å². The first-order chi connectivity index (χ1) is 9.70. The Labute approximate surface area is 121 Å². The second-order valence-electron chi connectivity index (χ2n) is 4.72. The molecule has 0 aliphatic carbocycles. The van der Waals surface area contributed by atoms with E-state index in [1.807, 2.05) is 0 Å². The van der Waals surface area contributed by atoms with Crippen LogP contribution >= 0.6 is 0 Å². The van der Waals surface area contributed by atoms with Crippen LogP contribution in [0.2, 0.25) is 0 Å². The first-order valence-electron chi connectivity index (χ1n) is 6.05. The maximum atomic E-state index is 14.0. The number of rotatable bonds is 3. The largest absolute Gasteiger partial charge is 0.399 e. The van der Waals surface area contributed by atoms with Crippen LogP contribution in [0.3, 0.4) is 0 Å². The Bertz CT molecular complexity index is 805. The van der Waals surface area contributed by atoms with Crippen molar-refractivity contribution in [3.05, 3.63) is 53.1 Å². The number of sulfonamides is 1. The second kappa shape index (κ2) is 5.33. The van der Waals surface area contributed by atoms with Crippen LogP contribution in [0.25, 0.3) is 0 Å². The van der Waals surface area contributed by atoms with E-state index in [1.54, 1.807) is 0 Å². The zero-order valence-corrected chi connectivity index (χ0v) is 12.3. The van der Waals surface area contributed by atoms with E-state index in [2.05, 4.69) is 4.72 Å². The lowest BCUT2D eigenvalue weighted by Gasteiger charge is -2.11. The smallest absolute Gasteiger partial charge is 0.264 e. The van der Waals surface area contributed by atoms with E-state index in [1.165, 1.54) is 32.0 Å². The summed E-state index contributed by atoms with van der Waals surface area (Å²) in [5.74, 6) is -1.32. The van der Waals surface area contributed by atoms with Crippen LogP contribution in [0.5, 0.6) is 0 Å². The molecule has 4 nitrogen and oxygen atoms in total. The molecule has 0 atom stereocenters. The molecule has 3 N–H and O–H groups in total. The molecule has 0 spiro atoms. The van der Waals surface area contributed by atoms with Gasteiger partial charge in [0.15, 0.2) is 0 Å². The zero-order chi connectivity index (χ0) is 15.8. The molecular weight excluding hydrogens is 298 g/mol. The van der Waals surface area contributed by atoms with Gasteiger partial charge in [0.25, 0.3) is 10.0 Å². The van der Waals surface area contributed by atoms with E-state index in [-0.39, 0.29) is 22.5 Å². The number of aryl methyl sites for hydroxylation is 2. The van der Waals surface area contributed by atoms with E-state index >= 15 is 0 Å².